The molecule has 21 heavy (non-hydrogen) atoms. The lowest BCUT2D eigenvalue weighted by Crippen LogP contribution is -2.40. The van der Waals surface area contributed by atoms with Crippen molar-refractivity contribution in [1.29, 1.82) is 0 Å². The molecule has 0 saturated carbocycles. The van der Waals surface area contributed by atoms with Crippen molar-refractivity contribution >= 4 is 21.8 Å². The van der Waals surface area contributed by atoms with Crippen LogP contribution >= 0.6 is 0 Å². The zero-order chi connectivity index (χ0) is 16.0. The number of aliphatic carboxylic acids is 1. The Labute approximate surface area is 125 Å². The topological polar surface area (TPSA) is 99.6 Å². The van der Waals surface area contributed by atoms with Gasteiger partial charge < -0.3 is 10.0 Å². The highest BCUT2D eigenvalue weighted by atomic mass is 32.2. The first-order valence-corrected chi connectivity index (χ1v) is 8.14. The second-order valence-electron chi connectivity index (χ2n) is 4.90. The van der Waals surface area contributed by atoms with Gasteiger partial charge in [0.15, 0.2) is 0 Å². The molecule has 1 aromatic heterocycles. The summed E-state index contributed by atoms with van der Waals surface area (Å²) in [5.41, 5.74) is 0. The standard InChI is InChI=1S/C13H21N3O4S/c1-4-5-6-11(13(17)18)15-21(19,20)10-7-8-12(14-9-10)16(2)3/h7-9,11,15H,4-6H2,1-3H3,(H,17,18). The fourth-order valence-electron chi connectivity index (χ4n) is 1.69. The van der Waals surface area contributed by atoms with Crippen molar-refractivity contribution in [2.75, 3.05) is 19.0 Å². The number of nitrogens with zero attached hydrogens (tertiary/aromatic N) is 2. The van der Waals surface area contributed by atoms with Crippen LogP contribution in [-0.2, 0) is 14.8 Å². The van der Waals surface area contributed by atoms with E-state index in [1.165, 1.54) is 12.3 Å². The number of sulfonamides is 1. The van der Waals surface area contributed by atoms with Gasteiger partial charge in [0.2, 0.25) is 10.0 Å². The molecule has 0 aliphatic rings. The molecule has 0 saturated heterocycles. The molecule has 0 aliphatic heterocycles. The van der Waals surface area contributed by atoms with E-state index in [0.29, 0.717) is 12.2 Å². The van der Waals surface area contributed by atoms with Crippen molar-refractivity contribution in [3.63, 3.8) is 0 Å². The molecule has 1 aromatic rings. The van der Waals surface area contributed by atoms with Crippen LogP contribution in [0.3, 0.4) is 0 Å². The summed E-state index contributed by atoms with van der Waals surface area (Å²) in [6, 6.07) is 1.85. The summed E-state index contributed by atoms with van der Waals surface area (Å²) in [6.07, 6.45) is 2.91. The third-order valence-electron chi connectivity index (χ3n) is 2.93. The minimum absolute atomic E-state index is 0.0455. The number of rotatable bonds is 8. The van der Waals surface area contributed by atoms with E-state index >= 15 is 0 Å². The zero-order valence-electron chi connectivity index (χ0n) is 12.4. The molecule has 2 N–H and O–H groups in total. The Kier molecular flexibility index (Phi) is 6.10. The molecular weight excluding hydrogens is 294 g/mol. The summed E-state index contributed by atoms with van der Waals surface area (Å²) >= 11 is 0. The van der Waals surface area contributed by atoms with E-state index in [-0.39, 0.29) is 11.3 Å². The number of hydrogen-bond donors (Lipinski definition) is 2. The van der Waals surface area contributed by atoms with Crippen LogP contribution < -0.4 is 9.62 Å². The molecule has 1 unspecified atom stereocenters. The van der Waals surface area contributed by atoms with Crippen LogP contribution in [0.4, 0.5) is 5.82 Å². The van der Waals surface area contributed by atoms with E-state index < -0.39 is 22.0 Å². The number of carboxylic acids is 1. The summed E-state index contributed by atoms with van der Waals surface area (Å²) in [7, 11) is -0.306. The van der Waals surface area contributed by atoms with Gasteiger partial charge in [0.1, 0.15) is 16.8 Å². The molecule has 0 bridgehead atoms. The van der Waals surface area contributed by atoms with Gasteiger partial charge in [0.05, 0.1) is 0 Å². The Morgan fingerprint density at radius 3 is 2.52 bits per heavy atom. The maximum Gasteiger partial charge on any atom is 0.321 e. The average Bonchev–Trinajstić information content (AvgIpc) is 2.43. The zero-order valence-corrected chi connectivity index (χ0v) is 13.2. The van der Waals surface area contributed by atoms with E-state index in [1.807, 2.05) is 6.92 Å². The maximum atomic E-state index is 12.2. The van der Waals surface area contributed by atoms with E-state index in [0.717, 1.165) is 6.42 Å². The largest absolute Gasteiger partial charge is 0.480 e. The lowest BCUT2D eigenvalue weighted by molar-refractivity contribution is -0.139. The van der Waals surface area contributed by atoms with E-state index in [1.54, 1.807) is 25.1 Å². The number of nitrogens with one attached hydrogen (secondary N) is 1. The summed E-state index contributed by atoms with van der Waals surface area (Å²) in [5, 5.41) is 9.08. The molecule has 1 heterocycles. The SMILES string of the molecule is CCCCC(NS(=O)(=O)c1ccc(N(C)C)nc1)C(=O)O. The van der Waals surface area contributed by atoms with Gasteiger partial charge in [-0.3, -0.25) is 4.79 Å². The van der Waals surface area contributed by atoms with Gasteiger partial charge in [-0.15, -0.1) is 0 Å². The molecule has 8 heteroatoms. The summed E-state index contributed by atoms with van der Waals surface area (Å²) in [6.45, 7) is 1.91. The van der Waals surface area contributed by atoms with Gasteiger partial charge in [0, 0.05) is 20.3 Å². The molecule has 1 rings (SSSR count). The summed E-state index contributed by atoms with van der Waals surface area (Å²) in [4.78, 5) is 16.8. The number of carbonyl (C=O) groups is 1. The summed E-state index contributed by atoms with van der Waals surface area (Å²) in [5.74, 6) is -0.556. The highest BCUT2D eigenvalue weighted by Gasteiger charge is 2.25. The van der Waals surface area contributed by atoms with Crippen LogP contribution in [0.5, 0.6) is 0 Å². The second-order valence-corrected chi connectivity index (χ2v) is 6.61. The van der Waals surface area contributed by atoms with Crippen molar-refractivity contribution in [3.8, 4) is 0 Å². The number of aromatic nitrogens is 1. The Morgan fingerprint density at radius 2 is 2.10 bits per heavy atom. The maximum absolute atomic E-state index is 12.2. The van der Waals surface area contributed by atoms with E-state index in [2.05, 4.69) is 9.71 Å². The van der Waals surface area contributed by atoms with Crippen molar-refractivity contribution in [3.05, 3.63) is 18.3 Å². The van der Waals surface area contributed by atoms with Gasteiger partial charge in [-0.05, 0) is 18.6 Å². The minimum atomic E-state index is -3.89. The number of pyridine rings is 1. The van der Waals surface area contributed by atoms with Crippen LogP contribution in [0.15, 0.2) is 23.2 Å². The molecule has 7 nitrogen and oxygen atoms in total. The first-order valence-electron chi connectivity index (χ1n) is 6.66. The normalized spacial score (nSPS) is 12.9. The fourth-order valence-corrected chi connectivity index (χ4v) is 2.86. The van der Waals surface area contributed by atoms with Gasteiger partial charge in [-0.1, -0.05) is 19.8 Å². The molecule has 0 spiro atoms. The van der Waals surface area contributed by atoms with Gasteiger partial charge >= 0.3 is 5.97 Å². The van der Waals surface area contributed by atoms with Crippen LogP contribution in [0.25, 0.3) is 0 Å². The van der Waals surface area contributed by atoms with Crippen LogP contribution in [-0.4, -0.2) is 44.6 Å². The highest BCUT2D eigenvalue weighted by Crippen LogP contribution is 2.14. The lowest BCUT2D eigenvalue weighted by Gasteiger charge is -2.15. The average molecular weight is 315 g/mol. The molecule has 0 aliphatic carbocycles. The predicted molar refractivity (Wildman–Crippen MR) is 79.8 cm³/mol. The number of unbranched alkanes of at least 4 members (excludes halogenated alkanes) is 1. The van der Waals surface area contributed by atoms with Crippen molar-refractivity contribution in [2.45, 2.75) is 37.1 Å². The molecule has 0 radical (unpaired) electrons. The minimum Gasteiger partial charge on any atom is -0.480 e. The highest BCUT2D eigenvalue weighted by molar-refractivity contribution is 7.89. The molecule has 118 valence electrons. The van der Waals surface area contributed by atoms with Crippen molar-refractivity contribution in [1.82, 2.24) is 9.71 Å². The Hall–Kier alpha value is -1.67. The number of carboxylic acid groups (broad SMARTS) is 1. The number of anilines is 1. The van der Waals surface area contributed by atoms with Gasteiger partial charge in [-0.2, -0.15) is 4.72 Å². The third kappa shape index (κ3) is 4.98. The third-order valence-corrected chi connectivity index (χ3v) is 4.39. The lowest BCUT2D eigenvalue weighted by atomic mass is 10.1. The fraction of sp³-hybridized carbons (Fsp3) is 0.538. The monoisotopic (exact) mass is 315 g/mol. The molecule has 0 aromatic carbocycles. The van der Waals surface area contributed by atoms with Gasteiger partial charge in [-0.25, -0.2) is 13.4 Å². The van der Waals surface area contributed by atoms with Crippen LogP contribution in [0.1, 0.15) is 26.2 Å². The van der Waals surface area contributed by atoms with E-state index in [9.17, 15) is 13.2 Å². The summed E-state index contributed by atoms with van der Waals surface area (Å²) < 4.78 is 26.5. The first-order chi connectivity index (χ1) is 9.77. The molecular formula is C13H21N3O4S. The quantitative estimate of drug-likeness (QED) is 0.744. The van der Waals surface area contributed by atoms with Gasteiger partial charge in [0.25, 0.3) is 0 Å². The Balaban J connectivity index is 2.91. The smallest absolute Gasteiger partial charge is 0.321 e. The Morgan fingerprint density at radius 1 is 1.43 bits per heavy atom. The van der Waals surface area contributed by atoms with E-state index in [4.69, 9.17) is 5.11 Å². The molecule has 0 fully saturated rings. The van der Waals surface area contributed by atoms with Crippen molar-refractivity contribution in [2.24, 2.45) is 0 Å². The van der Waals surface area contributed by atoms with Crippen molar-refractivity contribution < 1.29 is 18.3 Å². The first kappa shape index (κ1) is 17.4. The predicted octanol–water partition coefficient (Wildman–Crippen LogP) is 1.07. The number of hydrogen-bond acceptors (Lipinski definition) is 5. The molecule has 1 atom stereocenters. The van der Waals surface area contributed by atoms with Crippen LogP contribution in [0.2, 0.25) is 0 Å². The Bertz CT molecular complexity index is 570. The van der Waals surface area contributed by atoms with Crippen LogP contribution in [0, 0.1) is 0 Å². The second kappa shape index (κ2) is 7.37. The molecule has 0 amide bonds.